The summed E-state index contributed by atoms with van der Waals surface area (Å²) in [4.78, 5) is 17.5. The van der Waals surface area contributed by atoms with Gasteiger partial charge in [0.1, 0.15) is 30.5 Å². The normalized spacial score (nSPS) is 13.3. The highest BCUT2D eigenvalue weighted by atomic mass is 19.4. The van der Waals surface area contributed by atoms with Crippen molar-refractivity contribution in [2.24, 2.45) is 0 Å². The van der Waals surface area contributed by atoms with Crippen molar-refractivity contribution in [3.05, 3.63) is 84.1 Å². The summed E-state index contributed by atoms with van der Waals surface area (Å²) >= 11 is 0. The van der Waals surface area contributed by atoms with Crippen molar-refractivity contribution in [1.29, 1.82) is 0 Å². The monoisotopic (exact) mass is 468 g/mol. The van der Waals surface area contributed by atoms with Crippen molar-refractivity contribution in [2.45, 2.75) is 12.9 Å². The number of hydrogen-bond acceptors (Lipinski definition) is 4. The number of H-pyrrole nitrogens is 1. The van der Waals surface area contributed by atoms with Gasteiger partial charge in [0.05, 0.1) is 6.54 Å². The first-order chi connectivity index (χ1) is 16.4. The molecule has 1 aliphatic heterocycles. The predicted octanol–water partition coefficient (Wildman–Crippen LogP) is 5.68. The van der Waals surface area contributed by atoms with Crippen molar-refractivity contribution < 1.29 is 32.2 Å². The molecule has 34 heavy (non-hydrogen) atoms. The second-order valence-electron chi connectivity index (χ2n) is 7.64. The Morgan fingerprint density at radius 2 is 1.68 bits per heavy atom. The van der Waals surface area contributed by atoms with Crippen LogP contribution < -0.4 is 19.1 Å². The third-order valence-electron chi connectivity index (χ3n) is 5.44. The molecule has 6 nitrogen and oxygen atoms in total. The van der Waals surface area contributed by atoms with Crippen LogP contribution in [0, 0.1) is 0 Å². The van der Waals surface area contributed by atoms with E-state index in [2.05, 4.69) is 9.72 Å². The van der Waals surface area contributed by atoms with Gasteiger partial charge >= 0.3 is 6.36 Å². The lowest BCUT2D eigenvalue weighted by molar-refractivity contribution is -0.274. The Morgan fingerprint density at radius 3 is 2.47 bits per heavy atom. The van der Waals surface area contributed by atoms with Crippen molar-refractivity contribution >= 4 is 22.5 Å². The fourth-order valence-electron chi connectivity index (χ4n) is 3.91. The SMILES string of the molecule is O=C1c2cccc(OCCOc3ccc4[nH]ccc4c3)c2CN1c1ccc(OC(F)(F)F)cc1. The lowest BCUT2D eigenvalue weighted by Gasteiger charge is -2.17. The third kappa shape index (κ3) is 4.50. The summed E-state index contributed by atoms with van der Waals surface area (Å²) in [5.74, 6) is 0.699. The standard InChI is InChI=1S/C25H19F3N2O4/c26-25(27,28)34-18-6-4-17(5-7-18)30-15-21-20(24(30)31)2-1-3-23(21)33-13-12-32-19-8-9-22-16(14-19)10-11-29-22/h1-11,14,29H,12-13,15H2. The molecule has 0 radical (unpaired) electrons. The number of aromatic nitrogens is 1. The number of aromatic amines is 1. The molecule has 0 unspecified atom stereocenters. The molecule has 1 N–H and O–H groups in total. The van der Waals surface area contributed by atoms with E-state index < -0.39 is 6.36 Å². The Balaban J connectivity index is 1.22. The molecule has 0 bridgehead atoms. The van der Waals surface area contributed by atoms with E-state index in [0.717, 1.165) is 22.2 Å². The molecule has 4 aromatic rings. The van der Waals surface area contributed by atoms with Crippen molar-refractivity contribution in [3.63, 3.8) is 0 Å². The van der Waals surface area contributed by atoms with Crippen LogP contribution in [0.4, 0.5) is 18.9 Å². The van der Waals surface area contributed by atoms with Crippen LogP contribution in [0.5, 0.6) is 17.2 Å². The van der Waals surface area contributed by atoms with Gasteiger partial charge in [0.2, 0.25) is 0 Å². The molecule has 0 saturated heterocycles. The Labute approximate surface area is 192 Å². The highest BCUT2D eigenvalue weighted by Gasteiger charge is 2.33. The number of rotatable bonds is 7. The van der Waals surface area contributed by atoms with Crippen LogP contribution >= 0.6 is 0 Å². The van der Waals surface area contributed by atoms with Crippen LogP contribution in [0.3, 0.4) is 0 Å². The maximum absolute atomic E-state index is 12.9. The van der Waals surface area contributed by atoms with Crippen LogP contribution in [0.1, 0.15) is 15.9 Å². The number of nitrogens with one attached hydrogen (secondary N) is 1. The largest absolute Gasteiger partial charge is 0.573 e. The zero-order valence-corrected chi connectivity index (χ0v) is 17.8. The van der Waals surface area contributed by atoms with E-state index in [0.29, 0.717) is 23.6 Å². The van der Waals surface area contributed by atoms with Gasteiger partial charge in [0, 0.05) is 33.9 Å². The Kier molecular flexibility index (Phi) is 5.53. The zero-order chi connectivity index (χ0) is 23.7. The smallest absolute Gasteiger partial charge is 0.490 e. The van der Waals surface area contributed by atoms with E-state index in [1.165, 1.54) is 29.2 Å². The summed E-state index contributed by atoms with van der Waals surface area (Å²) in [6.07, 6.45) is -2.91. The summed E-state index contributed by atoms with van der Waals surface area (Å²) in [7, 11) is 0. The van der Waals surface area contributed by atoms with Crippen LogP contribution in [0.2, 0.25) is 0 Å². The molecular formula is C25H19F3N2O4. The summed E-state index contributed by atoms with van der Waals surface area (Å²) in [5.41, 5.74) is 2.70. The van der Waals surface area contributed by atoms with Gasteiger partial charge in [-0.15, -0.1) is 13.2 Å². The molecule has 1 aromatic heterocycles. The number of benzene rings is 3. The summed E-state index contributed by atoms with van der Waals surface area (Å²) < 4.78 is 52.7. The second-order valence-corrected chi connectivity index (χ2v) is 7.64. The number of ether oxygens (including phenoxy) is 3. The van der Waals surface area contributed by atoms with E-state index in [9.17, 15) is 18.0 Å². The average molecular weight is 468 g/mol. The number of carbonyl (C=O) groups is 1. The molecule has 0 aliphatic carbocycles. The molecule has 3 aromatic carbocycles. The number of anilines is 1. The highest BCUT2D eigenvalue weighted by molar-refractivity contribution is 6.10. The summed E-state index contributed by atoms with van der Waals surface area (Å²) in [6, 6.07) is 18.1. The zero-order valence-electron chi connectivity index (χ0n) is 17.8. The predicted molar refractivity (Wildman–Crippen MR) is 119 cm³/mol. The molecule has 1 aliphatic rings. The maximum Gasteiger partial charge on any atom is 0.573 e. The minimum Gasteiger partial charge on any atom is -0.490 e. The van der Waals surface area contributed by atoms with Gasteiger partial charge in [-0.05, 0) is 60.7 Å². The van der Waals surface area contributed by atoms with Crippen LogP contribution in [0.15, 0.2) is 72.9 Å². The van der Waals surface area contributed by atoms with E-state index in [-0.39, 0.29) is 24.8 Å². The van der Waals surface area contributed by atoms with Gasteiger partial charge in [-0.2, -0.15) is 0 Å². The molecular weight excluding hydrogens is 449 g/mol. The van der Waals surface area contributed by atoms with Crippen molar-refractivity contribution in [3.8, 4) is 17.2 Å². The number of halogens is 3. The first-order valence-corrected chi connectivity index (χ1v) is 10.5. The Morgan fingerprint density at radius 1 is 0.912 bits per heavy atom. The van der Waals surface area contributed by atoms with Crippen LogP contribution in [-0.4, -0.2) is 30.5 Å². The number of fused-ring (bicyclic) bond motifs is 2. The fourth-order valence-corrected chi connectivity index (χ4v) is 3.91. The number of hydrogen-bond donors (Lipinski definition) is 1. The van der Waals surface area contributed by atoms with E-state index in [1.807, 2.05) is 30.5 Å². The lowest BCUT2D eigenvalue weighted by atomic mass is 10.1. The average Bonchev–Trinajstić information content (AvgIpc) is 3.41. The molecule has 9 heteroatoms. The first kappa shape index (κ1) is 21.7. The molecule has 0 fully saturated rings. The Hall–Kier alpha value is -4.14. The second kappa shape index (κ2) is 8.66. The van der Waals surface area contributed by atoms with Crippen molar-refractivity contribution in [1.82, 2.24) is 4.98 Å². The Bertz CT molecular complexity index is 1330. The van der Waals surface area contributed by atoms with Gasteiger partial charge in [-0.1, -0.05) is 6.07 Å². The lowest BCUT2D eigenvalue weighted by Crippen LogP contribution is -2.23. The molecule has 174 valence electrons. The molecule has 5 rings (SSSR count). The van der Waals surface area contributed by atoms with Crippen LogP contribution in [-0.2, 0) is 6.54 Å². The molecule has 0 spiro atoms. The van der Waals surface area contributed by atoms with Gasteiger partial charge in [-0.25, -0.2) is 0 Å². The minimum absolute atomic E-state index is 0.245. The summed E-state index contributed by atoms with van der Waals surface area (Å²) in [5, 5.41) is 1.05. The minimum atomic E-state index is -4.77. The third-order valence-corrected chi connectivity index (χ3v) is 5.44. The molecule has 1 amide bonds. The quantitative estimate of drug-likeness (QED) is 0.354. The molecule has 2 heterocycles. The van der Waals surface area contributed by atoms with Gasteiger partial charge in [0.15, 0.2) is 0 Å². The maximum atomic E-state index is 12.9. The van der Waals surface area contributed by atoms with E-state index in [4.69, 9.17) is 9.47 Å². The number of nitrogens with zero attached hydrogens (tertiary/aromatic N) is 1. The van der Waals surface area contributed by atoms with Gasteiger partial charge < -0.3 is 24.1 Å². The van der Waals surface area contributed by atoms with Gasteiger partial charge in [0.25, 0.3) is 5.91 Å². The highest BCUT2D eigenvalue weighted by Crippen LogP contribution is 2.35. The summed E-state index contributed by atoms with van der Waals surface area (Å²) in [6.45, 7) is 0.839. The van der Waals surface area contributed by atoms with E-state index >= 15 is 0 Å². The molecule has 0 atom stereocenters. The fraction of sp³-hybridized carbons (Fsp3) is 0.160. The number of alkyl halides is 3. The molecule has 0 saturated carbocycles. The number of carbonyl (C=O) groups excluding carboxylic acids is 1. The van der Waals surface area contributed by atoms with Crippen molar-refractivity contribution in [2.75, 3.05) is 18.1 Å². The van der Waals surface area contributed by atoms with E-state index in [1.54, 1.807) is 18.2 Å². The van der Waals surface area contributed by atoms with Crippen LogP contribution in [0.25, 0.3) is 10.9 Å². The topological polar surface area (TPSA) is 63.8 Å². The number of amides is 1. The van der Waals surface area contributed by atoms with Gasteiger partial charge in [-0.3, -0.25) is 4.79 Å². The first-order valence-electron chi connectivity index (χ1n) is 10.5.